The van der Waals surface area contributed by atoms with Crippen LogP contribution in [0.25, 0.3) is 11.4 Å². The van der Waals surface area contributed by atoms with Crippen molar-refractivity contribution in [3.05, 3.63) is 59.3 Å². The Kier molecular flexibility index (Phi) is 9.29. The summed E-state index contributed by atoms with van der Waals surface area (Å²) in [5.41, 5.74) is 0.828. The molecule has 0 radical (unpaired) electrons. The van der Waals surface area contributed by atoms with E-state index >= 15 is 0 Å². The zero-order valence-corrected chi connectivity index (χ0v) is 18.6. The predicted molar refractivity (Wildman–Crippen MR) is 120 cm³/mol. The van der Waals surface area contributed by atoms with Crippen molar-refractivity contribution in [1.29, 1.82) is 0 Å². The molecule has 0 fully saturated rings. The molecule has 0 aliphatic carbocycles. The third-order valence-electron chi connectivity index (χ3n) is 3.73. The van der Waals surface area contributed by atoms with E-state index in [-0.39, 0.29) is 24.0 Å². The number of aliphatic imine (C=N–C) groups is 1. The Labute approximate surface area is 186 Å². The highest BCUT2D eigenvalue weighted by atomic mass is 127. The second-order valence-electron chi connectivity index (χ2n) is 5.79. The van der Waals surface area contributed by atoms with Gasteiger partial charge in [0, 0.05) is 36.5 Å². The number of nitrogens with one attached hydrogen (secondary N) is 2. The lowest BCUT2D eigenvalue weighted by Crippen LogP contribution is -2.38. The Morgan fingerprint density at radius 1 is 1.18 bits per heavy atom. The van der Waals surface area contributed by atoms with E-state index < -0.39 is 0 Å². The van der Waals surface area contributed by atoms with E-state index in [0.29, 0.717) is 29.7 Å². The number of benzene rings is 1. The second kappa shape index (κ2) is 11.7. The highest BCUT2D eigenvalue weighted by Gasteiger charge is 2.09. The minimum absolute atomic E-state index is 0. The molecule has 2 heterocycles. The predicted octanol–water partition coefficient (Wildman–Crippen LogP) is 3.94. The third kappa shape index (κ3) is 6.83. The zero-order valence-electron chi connectivity index (χ0n) is 15.5. The highest BCUT2D eigenvalue weighted by Crippen LogP contribution is 2.19. The van der Waals surface area contributed by atoms with Gasteiger partial charge in [0.1, 0.15) is 5.76 Å². The SMILES string of the molecule is CCNC(=NCCc1nc(-c2cccc(Cl)c2)no1)NCCc1ccco1.I. The van der Waals surface area contributed by atoms with Gasteiger partial charge in [-0.1, -0.05) is 28.9 Å². The molecule has 0 amide bonds. The van der Waals surface area contributed by atoms with Crippen LogP contribution < -0.4 is 10.6 Å². The van der Waals surface area contributed by atoms with Gasteiger partial charge in [-0.2, -0.15) is 4.98 Å². The van der Waals surface area contributed by atoms with Crippen LogP contribution in [-0.4, -0.2) is 35.7 Å². The number of guanidine groups is 1. The molecule has 3 aromatic rings. The summed E-state index contributed by atoms with van der Waals surface area (Å²) in [4.78, 5) is 8.94. The van der Waals surface area contributed by atoms with Gasteiger partial charge in [-0.3, -0.25) is 4.99 Å². The first-order chi connectivity index (χ1) is 13.2. The lowest BCUT2D eigenvalue weighted by atomic mass is 10.2. The topological polar surface area (TPSA) is 88.5 Å². The molecule has 150 valence electrons. The van der Waals surface area contributed by atoms with Gasteiger partial charge in [0.2, 0.25) is 11.7 Å². The average molecular weight is 516 g/mol. The van der Waals surface area contributed by atoms with Crippen LogP contribution in [0.2, 0.25) is 5.02 Å². The van der Waals surface area contributed by atoms with E-state index in [1.165, 1.54) is 0 Å². The van der Waals surface area contributed by atoms with Crippen LogP contribution in [0.1, 0.15) is 18.6 Å². The summed E-state index contributed by atoms with van der Waals surface area (Å²) in [6.07, 6.45) is 3.03. The maximum absolute atomic E-state index is 6.00. The Bertz CT molecular complexity index is 867. The van der Waals surface area contributed by atoms with Crippen molar-refractivity contribution in [2.24, 2.45) is 4.99 Å². The van der Waals surface area contributed by atoms with E-state index in [0.717, 1.165) is 36.8 Å². The molecule has 3 rings (SSSR count). The Hall–Kier alpha value is -2.07. The van der Waals surface area contributed by atoms with E-state index in [9.17, 15) is 0 Å². The monoisotopic (exact) mass is 515 g/mol. The van der Waals surface area contributed by atoms with Crippen LogP contribution >= 0.6 is 35.6 Å². The van der Waals surface area contributed by atoms with Crippen LogP contribution in [-0.2, 0) is 12.8 Å². The van der Waals surface area contributed by atoms with Crippen LogP contribution in [0, 0.1) is 0 Å². The van der Waals surface area contributed by atoms with Crippen LogP contribution in [0.3, 0.4) is 0 Å². The first kappa shape index (κ1) is 22.2. The van der Waals surface area contributed by atoms with Crippen LogP contribution in [0.5, 0.6) is 0 Å². The number of nitrogens with zero attached hydrogens (tertiary/aromatic N) is 3. The molecule has 0 saturated carbocycles. The maximum Gasteiger partial charge on any atom is 0.228 e. The fourth-order valence-electron chi connectivity index (χ4n) is 2.47. The average Bonchev–Trinajstić information content (AvgIpc) is 3.34. The van der Waals surface area contributed by atoms with Gasteiger partial charge in [-0.05, 0) is 31.2 Å². The van der Waals surface area contributed by atoms with E-state index in [2.05, 4.69) is 25.8 Å². The molecule has 1 aromatic carbocycles. The largest absolute Gasteiger partial charge is 0.469 e. The van der Waals surface area contributed by atoms with E-state index in [1.54, 1.807) is 12.3 Å². The fourth-order valence-corrected chi connectivity index (χ4v) is 2.66. The van der Waals surface area contributed by atoms with Crippen molar-refractivity contribution in [1.82, 2.24) is 20.8 Å². The number of furan rings is 1. The molecule has 0 aliphatic heterocycles. The highest BCUT2D eigenvalue weighted by molar-refractivity contribution is 14.0. The number of hydrogen-bond acceptors (Lipinski definition) is 5. The molecule has 7 nitrogen and oxygen atoms in total. The minimum Gasteiger partial charge on any atom is -0.469 e. The second-order valence-corrected chi connectivity index (χ2v) is 6.23. The number of halogens is 2. The van der Waals surface area contributed by atoms with Crippen molar-refractivity contribution < 1.29 is 8.94 Å². The van der Waals surface area contributed by atoms with E-state index in [4.69, 9.17) is 20.5 Å². The fraction of sp³-hybridized carbons (Fsp3) is 0.316. The molecular formula is C19H23ClIN5O2. The number of hydrogen-bond donors (Lipinski definition) is 2. The number of aromatic nitrogens is 2. The summed E-state index contributed by atoms with van der Waals surface area (Å²) < 4.78 is 10.6. The molecule has 0 saturated heterocycles. The molecule has 28 heavy (non-hydrogen) atoms. The zero-order chi connectivity index (χ0) is 18.9. The molecule has 2 aromatic heterocycles. The summed E-state index contributed by atoms with van der Waals surface area (Å²) in [6, 6.07) is 11.2. The quantitative estimate of drug-likeness (QED) is 0.268. The number of rotatable bonds is 8. The van der Waals surface area contributed by atoms with Crippen molar-refractivity contribution in [3.8, 4) is 11.4 Å². The van der Waals surface area contributed by atoms with Gasteiger partial charge >= 0.3 is 0 Å². The standard InChI is InChI=1S/C19H22ClN5O2.HI/c1-2-21-19(22-10-8-16-7-4-12-26-16)23-11-9-17-24-18(25-27-17)14-5-3-6-15(20)13-14;/h3-7,12-13H,2,8-11H2,1H3,(H2,21,22,23);1H. The lowest BCUT2D eigenvalue weighted by Gasteiger charge is -2.10. The maximum atomic E-state index is 6.00. The molecule has 9 heteroatoms. The summed E-state index contributed by atoms with van der Waals surface area (Å²) in [5.74, 6) is 2.76. The minimum atomic E-state index is 0. The van der Waals surface area contributed by atoms with Gasteiger partial charge in [0.25, 0.3) is 0 Å². The first-order valence-corrected chi connectivity index (χ1v) is 9.25. The molecule has 2 N–H and O–H groups in total. The summed E-state index contributed by atoms with van der Waals surface area (Å²) in [5, 5.41) is 11.1. The smallest absolute Gasteiger partial charge is 0.228 e. The van der Waals surface area contributed by atoms with Crippen LogP contribution in [0.4, 0.5) is 0 Å². The van der Waals surface area contributed by atoms with Crippen LogP contribution in [0.15, 0.2) is 56.6 Å². The van der Waals surface area contributed by atoms with Gasteiger partial charge in [0.15, 0.2) is 5.96 Å². The molecule has 0 atom stereocenters. The molecule has 0 unspecified atom stereocenters. The van der Waals surface area contributed by atoms with E-state index in [1.807, 2.05) is 37.3 Å². The Morgan fingerprint density at radius 2 is 2.07 bits per heavy atom. The summed E-state index contributed by atoms with van der Waals surface area (Å²) in [6.45, 7) is 4.08. The third-order valence-corrected chi connectivity index (χ3v) is 3.97. The summed E-state index contributed by atoms with van der Waals surface area (Å²) >= 11 is 6.00. The van der Waals surface area contributed by atoms with Gasteiger partial charge in [-0.15, -0.1) is 24.0 Å². The molecular weight excluding hydrogens is 493 g/mol. The molecule has 0 bridgehead atoms. The van der Waals surface area contributed by atoms with Crippen molar-refractivity contribution in [2.45, 2.75) is 19.8 Å². The molecule has 0 aliphatic rings. The van der Waals surface area contributed by atoms with Crippen molar-refractivity contribution in [2.75, 3.05) is 19.6 Å². The summed E-state index contributed by atoms with van der Waals surface area (Å²) in [7, 11) is 0. The van der Waals surface area contributed by atoms with Gasteiger partial charge < -0.3 is 19.6 Å². The van der Waals surface area contributed by atoms with Gasteiger partial charge in [0.05, 0.1) is 12.8 Å². The first-order valence-electron chi connectivity index (χ1n) is 8.87. The Morgan fingerprint density at radius 3 is 2.82 bits per heavy atom. The van der Waals surface area contributed by atoms with Crippen molar-refractivity contribution >= 4 is 41.5 Å². The molecule has 0 spiro atoms. The normalized spacial score (nSPS) is 11.1. The van der Waals surface area contributed by atoms with Crippen molar-refractivity contribution in [3.63, 3.8) is 0 Å². The Balaban J connectivity index is 0.00000280. The van der Waals surface area contributed by atoms with Gasteiger partial charge in [-0.25, -0.2) is 0 Å². The lowest BCUT2D eigenvalue weighted by molar-refractivity contribution is 0.380.